The van der Waals surface area contributed by atoms with Crippen molar-refractivity contribution in [3.63, 3.8) is 0 Å². The van der Waals surface area contributed by atoms with E-state index in [1.54, 1.807) is 19.1 Å². The Morgan fingerprint density at radius 1 is 1.10 bits per heavy atom. The average Bonchev–Trinajstić information content (AvgIpc) is 2.70. The Hall–Kier alpha value is -2.53. The maximum Gasteiger partial charge on any atom is 0.261 e. The number of benzene rings is 2. The molecule has 0 radical (unpaired) electrons. The Kier molecular flexibility index (Phi) is 8.52. The molecule has 0 bridgehead atoms. The second-order valence-corrected chi connectivity index (χ2v) is 7.64. The minimum Gasteiger partial charge on any atom is -0.483 e. The molecule has 2 aromatic carbocycles. The predicted molar refractivity (Wildman–Crippen MR) is 116 cm³/mol. The van der Waals surface area contributed by atoms with Crippen LogP contribution in [0, 0.1) is 0 Å². The van der Waals surface area contributed by atoms with E-state index in [0.717, 1.165) is 11.1 Å². The third kappa shape index (κ3) is 6.50. The molecule has 156 valence electrons. The summed E-state index contributed by atoms with van der Waals surface area (Å²) in [6.07, 6.45) is 0. The Labute approximate surface area is 178 Å². The first-order chi connectivity index (χ1) is 13.8. The number of ether oxygens (including phenoxy) is 1. The molecule has 0 aromatic heterocycles. The molecule has 29 heavy (non-hydrogen) atoms. The van der Waals surface area contributed by atoms with Crippen molar-refractivity contribution >= 4 is 23.4 Å². The number of carbonyl (C=O) groups is 2. The third-order valence-electron chi connectivity index (χ3n) is 4.65. The maximum absolute atomic E-state index is 13.0. The van der Waals surface area contributed by atoms with Crippen molar-refractivity contribution in [2.75, 3.05) is 13.2 Å². The molecular formula is C23H29ClN2O3. The molecular weight excluding hydrogens is 388 g/mol. The van der Waals surface area contributed by atoms with Crippen LogP contribution in [0.15, 0.2) is 48.5 Å². The van der Waals surface area contributed by atoms with E-state index in [9.17, 15) is 9.59 Å². The summed E-state index contributed by atoms with van der Waals surface area (Å²) in [6.45, 7) is 8.34. The van der Waals surface area contributed by atoms with Gasteiger partial charge < -0.3 is 15.0 Å². The van der Waals surface area contributed by atoms with Gasteiger partial charge in [0.2, 0.25) is 5.91 Å². The molecule has 0 unspecified atom stereocenters. The van der Waals surface area contributed by atoms with Crippen LogP contribution in [0.3, 0.4) is 0 Å². The van der Waals surface area contributed by atoms with E-state index in [1.165, 1.54) is 4.90 Å². The van der Waals surface area contributed by atoms with Gasteiger partial charge in [-0.15, -0.1) is 0 Å². The quantitative estimate of drug-likeness (QED) is 0.659. The summed E-state index contributed by atoms with van der Waals surface area (Å²) in [6, 6.07) is 14.3. The summed E-state index contributed by atoms with van der Waals surface area (Å²) in [4.78, 5) is 26.9. The molecule has 1 atom stereocenters. The van der Waals surface area contributed by atoms with Crippen LogP contribution in [0.4, 0.5) is 0 Å². The Bertz CT molecular complexity index is 838. The highest BCUT2D eigenvalue weighted by Crippen LogP contribution is 2.26. The number of amides is 2. The molecule has 0 saturated carbocycles. The number of para-hydroxylation sites is 1. The molecule has 0 aliphatic heterocycles. The van der Waals surface area contributed by atoms with Gasteiger partial charge in [-0.25, -0.2) is 0 Å². The van der Waals surface area contributed by atoms with Gasteiger partial charge in [-0.05, 0) is 49.1 Å². The van der Waals surface area contributed by atoms with Crippen LogP contribution in [0.2, 0.25) is 5.02 Å². The van der Waals surface area contributed by atoms with E-state index in [1.807, 2.05) is 43.3 Å². The summed E-state index contributed by atoms with van der Waals surface area (Å²) in [7, 11) is 0. The summed E-state index contributed by atoms with van der Waals surface area (Å²) >= 11 is 6.08. The predicted octanol–water partition coefficient (Wildman–Crippen LogP) is 4.40. The number of hydrogen-bond acceptors (Lipinski definition) is 3. The van der Waals surface area contributed by atoms with Gasteiger partial charge >= 0.3 is 0 Å². The fraction of sp³-hybridized carbons (Fsp3) is 0.391. The average molecular weight is 417 g/mol. The Balaban J connectivity index is 2.18. The van der Waals surface area contributed by atoms with Gasteiger partial charge in [0.1, 0.15) is 11.8 Å². The van der Waals surface area contributed by atoms with Gasteiger partial charge in [0.15, 0.2) is 6.61 Å². The van der Waals surface area contributed by atoms with E-state index in [2.05, 4.69) is 19.2 Å². The van der Waals surface area contributed by atoms with Crippen molar-refractivity contribution in [2.45, 2.75) is 46.2 Å². The number of nitrogens with zero attached hydrogens (tertiary/aromatic N) is 1. The molecule has 6 heteroatoms. The number of rotatable bonds is 9. The van der Waals surface area contributed by atoms with Gasteiger partial charge in [0, 0.05) is 18.1 Å². The molecule has 2 rings (SSSR count). The van der Waals surface area contributed by atoms with Gasteiger partial charge in [-0.2, -0.15) is 0 Å². The van der Waals surface area contributed by atoms with Crippen molar-refractivity contribution in [1.29, 1.82) is 0 Å². The van der Waals surface area contributed by atoms with Gasteiger partial charge in [-0.3, -0.25) is 9.59 Å². The molecule has 0 fully saturated rings. The summed E-state index contributed by atoms with van der Waals surface area (Å²) < 4.78 is 5.84. The summed E-state index contributed by atoms with van der Waals surface area (Å²) in [5.41, 5.74) is 1.89. The second kappa shape index (κ2) is 10.9. The van der Waals surface area contributed by atoms with Crippen LogP contribution in [0.25, 0.3) is 0 Å². The van der Waals surface area contributed by atoms with Crippen molar-refractivity contribution in [3.05, 3.63) is 64.7 Å². The zero-order chi connectivity index (χ0) is 21.4. The zero-order valence-electron chi connectivity index (χ0n) is 17.4. The number of halogens is 1. The first-order valence-electron chi connectivity index (χ1n) is 9.86. The fourth-order valence-electron chi connectivity index (χ4n) is 3.05. The number of carbonyl (C=O) groups excluding carboxylic acids is 2. The van der Waals surface area contributed by atoms with Crippen molar-refractivity contribution in [2.24, 2.45) is 0 Å². The molecule has 0 aliphatic rings. The molecule has 0 spiro atoms. The number of nitrogens with one attached hydrogen (secondary N) is 1. The van der Waals surface area contributed by atoms with E-state index < -0.39 is 6.04 Å². The topological polar surface area (TPSA) is 58.6 Å². The summed E-state index contributed by atoms with van der Waals surface area (Å²) in [5, 5.41) is 3.36. The van der Waals surface area contributed by atoms with Crippen LogP contribution >= 0.6 is 11.6 Å². The number of likely N-dealkylation sites (N-methyl/N-ethyl adjacent to an activating group) is 1. The lowest BCUT2D eigenvalue weighted by Crippen LogP contribution is -2.49. The van der Waals surface area contributed by atoms with Gasteiger partial charge in [0.25, 0.3) is 5.91 Å². The molecule has 0 saturated heterocycles. The molecule has 2 aromatic rings. The Morgan fingerprint density at radius 3 is 2.48 bits per heavy atom. The van der Waals surface area contributed by atoms with Crippen molar-refractivity contribution in [3.8, 4) is 5.75 Å². The first-order valence-corrected chi connectivity index (χ1v) is 10.2. The van der Waals surface area contributed by atoms with E-state index in [0.29, 0.717) is 17.3 Å². The maximum atomic E-state index is 13.0. The highest BCUT2D eigenvalue weighted by atomic mass is 35.5. The van der Waals surface area contributed by atoms with Crippen LogP contribution in [-0.2, 0) is 16.1 Å². The monoisotopic (exact) mass is 416 g/mol. The SMILES string of the molecule is CCNC(=O)[C@H](C)N(Cc1cccc(Cl)c1)C(=O)COc1ccccc1C(C)C. The van der Waals surface area contributed by atoms with Gasteiger partial charge in [0.05, 0.1) is 0 Å². The lowest BCUT2D eigenvalue weighted by atomic mass is 10.0. The second-order valence-electron chi connectivity index (χ2n) is 7.20. The molecule has 2 amide bonds. The lowest BCUT2D eigenvalue weighted by molar-refractivity contribution is -0.142. The van der Waals surface area contributed by atoms with Crippen LogP contribution < -0.4 is 10.1 Å². The highest BCUT2D eigenvalue weighted by Gasteiger charge is 2.26. The van der Waals surface area contributed by atoms with Crippen LogP contribution in [0.5, 0.6) is 5.75 Å². The molecule has 5 nitrogen and oxygen atoms in total. The third-order valence-corrected chi connectivity index (χ3v) is 4.89. The van der Waals surface area contributed by atoms with E-state index in [4.69, 9.17) is 16.3 Å². The molecule has 1 N–H and O–H groups in total. The van der Waals surface area contributed by atoms with E-state index >= 15 is 0 Å². The largest absolute Gasteiger partial charge is 0.483 e. The number of hydrogen-bond donors (Lipinski definition) is 1. The first kappa shape index (κ1) is 22.8. The van der Waals surface area contributed by atoms with Gasteiger partial charge in [-0.1, -0.05) is 55.8 Å². The lowest BCUT2D eigenvalue weighted by Gasteiger charge is -2.29. The Morgan fingerprint density at radius 2 is 1.83 bits per heavy atom. The summed E-state index contributed by atoms with van der Waals surface area (Å²) in [5.74, 6) is 0.495. The molecule has 0 heterocycles. The highest BCUT2D eigenvalue weighted by molar-refractivity contribution is 6.30. The normalized spacial score (nSPS) is 11.8. The fourth-order valence-corrected chi connectivity index (χ4v) is 3.26. The van der Waals surface area contributed by atoms with Crippen molar-refractivity contribution in [1.82, 2.24) is 10.2 Å². The minimum absolute atomic E-state index is 0.145. The zero-order valence-corrected chi connectivity index (χ0v) is 18.2. The minimum atomic E-state index is -0.634. The van der Waals surface area contributed by atoms with Crippen LogP contribution in [-0.4, -0.2) is 35.9 Å². The van der Waals surface area contributed by atoms with Crippen molar-refractivity contribution < 1.29 is 14.3 Å². The van der Waals surface area contributed by atoms with E-state index in [-0.39, 0.29) is 30.9 Å². The standard InChI is InChI=1S/C23H29ClN2O3/c1-5-25-23(28)17(4)26(14-18-9-8-10-19(24)13-18)22(27)15-29-21-12-7-6-11-20(21)16(2)3/h6-13,16-17H,5,14-15H2,1-4H3,(H,25,28)/t17-/m0/s1. The van der Waals surface area contributed by atoms with Crippen LogP contribution in [0.1, 0.15) is 44.7 Å². The molecule has 0 aliphatic carbocycles. The smallest absolute Gasteiger partial charge is 0.261 e.